The molecule has 1 aromatic heterocycles. The van der Waals surface area contributed by atoms with Gasteiger partial charge in [0.1, 0.15) is 0 Å². The number of hydrogen-bond acceptors (Lipinski definition) is 4. The molecule has 0 amide bonds. The number of thiazole rings is 1. The van der Waals surface area contributed by atoms with E-state index in [1.54, 1.807) is 11.3 Å². The predicted molar refractivity (Wildman–Crippen MR) is 84.3 cm³/mol. The Hall–Kier alpha value is -1.55. The number of aromatic nitrogens is 1. The van der Waals surface area contributed by atoms with Crippen LogP contribution in [0, 0.1) is 0 Å². The van der Waals surface area contributed by atoms with Crippen LogP contribution in [-0.2, 0) is 0 Å². The zero-order valence-electron chi connectivity index (χ0n) is 11.5. The van der Waals surface area contributed by atoms with Gasteiger partial charge in [-0.25, -0.2) is 4.98 Å². The molecule has 4 rings (SSSR count). The lowest BCUT2D eigenvalue weighted by atomic mass is 10.1. The van der Waals surface area contributed by atoms with E-state index >= 15 is 0 Å². The molecule has 2 aliphatic rings. The Balaban J connectivity index is 1.59. The summed E-state index contributed by atoms with van der Waals surface area (Å²) in [4.78, 5) is 6.96. The van der Waals surface area contributed by atoms with E-state index in [1.165, 1.54) is 36.9 Å². The molecule has 0 unspecified atom stereocenters. The smallest absolute Gasteiger partial charge is 0.180 e. The van der Waals surface area contributed by atoms with Crippen molar-refractivity contribution in [2.75, 3.05) is 17.2 Å². The van der Waals surface area contributed by atoms with Crippen LogP contribution in [0.4, 0.5) is 10.8 Å². The Morgan fingerprint density at radius 1 is 1.15 bits per heavy atom. The number of rotatable bonds is 3. The van der Waals surface area contributed by atoms with Gasteiger partial charge in [0.2, 0.25) is 0 Å². The number of benzene rings is 1. The maximum absolute atomic E-state index is 5.78. The zero-order chi connectivity index (χ0) is 13.5. The Morgan fingerprint density at radius 2 is 1.95 bits per heavy atom. The van der Waals surface area contributed by atoms with E-state index in [-0.39, 0.29) is 0 Å². The van der Waals surface area contributed by atoms with Gasteiger partial charge >= 0.3 is 0 Å². The van der Waals surface area contributed by atoms with Gasteiger partial charge in [-0.2, -0.15) is 0 Å². The molecular formula is C16H19N3S. The van der Waals surface area contributed by atoms with Gasteiger partial charge < -0.3 is 10.6 Å². The van der Waals surface area contributed by atoms with Crippen molar-refractivity contribution in [1.82, 2.24) is 4.98 Å². The summed E-state index contributed by atoms with van der Waals surface area (Å²) in [5, 5.41) is 2.78. The van der Waals surface area contributed by atoms with Crippen molar-refractivity contribution < 1.29 is 0 Å². The predicted octanol–water partition coefficient (Wildman–Crippen LogP) is 3.94. The van der Waals surface area contributed by atoms with Crippen LogP contribution in [0.5, 0.6) is 0 Å². The molecule has 0 spiro atoms. The maximum Gasteiger partial charge on any atom is 0.180 e. The first-order valence-electron chi connectivity index (χ1n) is 7.39. The third-order valence-corrected chi connectivity index (χ3v) is 5.10. The second-order valence-corrected chi connectivity index (χ2v) is 6.72. The molecule has 0 radical (unpaired) electrons. The molecular weight excluding hydrogens is 266 g/mol. The number of nitrogens with zero attached hydrogens (tertiary/aromatic N) is 2. The van der Waals surface area contributed by atoms with Gasteiger partial charge in [-0.15, -0.1) is 11.3 Å². The lowest BCUT2D eigenvalue weighted by molar-refractivity contribution is 0.700. The third kappa shape index (κ3) is 2.18. The van der Waals surface area contributed by atoms with Gasteiger partial charge in [-0.1, -0.05) is 12.1 Å². The molecule has 1 aliphatic heterocycles. The molecule has 20 heavy (non-hydrogen) atoms. The fourth-order valence-corrected chi connectivity index (χ4v) is 3.80. The minimum absolute atomic E-state index is 0.398. The molecule has 1 aromatic carbocycles. The molecule has 1 saturated carbocycles. The SMILES string of the molecule is Nc1nc([C@H]2CCCN2c2ccc(C3CC3)cc2)cs1. The molecule has 104 valence electrons. The van der Waals surface area contributed by atoms with E-state index in [0.29, 0.717) is 11.2 Å². The molecule has 1 saturated heterocycles. The number of hydrogen-bond donors (Lipinski definition) is 1. The van der Waals surface area contributed by atoms with E-state index < -0.39 is 0 Å². The Labute approximate surface area is 123 Å². The van der Waals surface area contributed by atoms with Crippen LogP contribution in [0.25, 0.3) is 0 Å². The summed E-state index contributed by atoms with van der Waals surface area (Å²) in [5.41, 5.74) is 9.74. The van der Waals surface area contributed by atoms with Crippen molar-refractivity contribution in [1.29, 1.82) is 0 Å². The summed E-state index contributed by atoms with van der Waals surface area (Å²) >= 11 is 1.54. The lowest BCUT2D eigenvalue weighted by Crippen LogP contribution is -2.22. The van der Waals surface area contributed by atoms with Crippen LogP contribution >= 0.6 is 11.3 Å². The van der Waals surface area contributed by atoms with Crippen LogP contribution in [0.15, 0.2) is 29.6 Å². The summed E-state index contributed by atoms with van der Waals surface area (Å²) in [7, 11) is 0. The quantitative estimate of drug-likeness (QED) is 0.928. The fourth-order valence-electron chi connectivity index (χ4n) is 3.19. The van der Waals surface area contributed by atoms with Crippen molar-refractivity contribution in [2.45, 2.75) is 37.6 Å². The van der Waals surface area contributed by atoms with Gasteiger partial charge in [0, 0.05) is 17.6 Å². The summed E-state index contributed by atoms with van der Waals surface area (Å²) < 4.78 is 0. The number of nitrogen functional groups attached to an aromatic ring is 1. The van der Waals surface area contributed by atoms with Gasteiger partial charge in [0.05, 0.1) is 11.7 Å². The monoisotopic (exact) mass is 285 g/mol. The Bertz CT molecular complexity index is 600. The molecule has 4 heteroatoms. The molecule has 2 heterocycles. The van der Waals surface area contributed by atoms with Gasteiger partial charge in [-0.05, 0) is 49.3 Å². The van der Waals surface area contributed by atoms with Crippen LogP contribution < -0.4 is 10.6 Å². The highest BCUT2D eigenvalue weighted by Gasteiger charge is 2.29. The molecule has 2 N–H and O–H groups in total. The summed E-state index contributed by atoms with van der Waals surface area (Å²) in [6.45, 7) is 1.12. The van der Waals surface area contributed by atoms with Crippen molar-refractivity contribution in [3.8, 4) is 0 Å². The van der Waals surface area contributed by atoms with E-state index in [9.17, 15) is 0 Å². The molecule has 2 fully saturated rings. The first kappa shape index (κ1) is 12.2. The van der Waals surface area contributed by atoms with Crippen molar-refractivity contribution in [3.63, 3.8) is 0 Å². The lowest BCUT2D eigenvalue weighted by Gasteiger charge is -2.25. The van der Waals surface area contributed by atoms with Gasteiger partial charge in [-0.3, -0.25) is 0 Å². The largest absolute Gasteiger partial charge is 0.375 e. The van der Waals surface area contributed by atoms with E-state index in [0.717, 1.165) is 18.2 Å². The van der Waals surface area contributed by atoms with Gasteiger partial charge in [0.15, 0.2) is 5.13 Å². The van der Waals surface area contributed by atoms with Crippen LogP contribution in [0.3, 0.4) is 0 Å². The standard InChI is InChI=1S/C16H19N3S/c17-16-18-14(10-20-16)15-2-1-9-19(15)13-7-5-12(6-8-13)11-3-4-11/h5-8,10-11,15H,1-4,9H2,(H2,17,18)/t15-/m1/s1. The Morgan fingerprint density at radius 3 is 2.60 bits per heavy atom. The van der Waals surface area contributed by atoms with Gasteiger partial charge in [0.25, 0.3) is 0 Å². The van der Waals surface area contributed by atoms with Crippen molar-refractivity contribution >= 4 is 22.2 Å². The first-order chi connectivity index (χ1) is 9.81. The first-order valence-corrected chi connectivity index (χ1v) is 8.27. The molecule has 1 atom stereocenters. The second kappa shape index (κ2) is 4.77. The zero-order valence-corrected chi connectivity index (χ0v) is 12.3. The highest BCUT2D eigenvalue weighted by atomic mass is 32.1. The fraction of sp³-hybridized carbons (Fsp3) is 0.438. The van der Waals surface area contributed by atoms with Crippen molar-refractivity contribution in [3.05, 3.63) is 40.9 Å². The highest BCUT2D eigenvalue weighted by Crippen LogP contribution is 2.42. The number of anilines is 2. The maximum atomic E-state index is 5.78. The summed E-state index contributed by atoms with van der Waals surface area (Å²) in [6.07, 6.45) is 5.13. The summed E-state index contributed by atoms with van der Waals surface area (Å²) in [6, 6.07) is 9.56. The van der Waals surface area contributed by atoms with E-state index in [2.05, 4.69) is 39.5 Å². The normalized spacial score (nSPS) is 22.4. The highest BCUT2D eigenvalue weighted by molar-refractivity contribution is 7.13. The van der Waals surface area contributed by atoms with Crippen LogP contribution in [0.2, 0.25) is 0 Å². The van der Waals surface area contributed by atoms with Crippen LogP contribution in [-0.4, -0.2) is 11.5 Å². The van der Waals surface area contributed by atoms with Crippen LogP contribution in [0.1, 0.15) is 48.9 Å². The molecule has 3 nitrogen and oxygen atoms in total. The topological polar surface area (TPSA) is 42.1 Å². The minimum Gasteiger partial charge on any atom is -0.375 e. The average Bonchev–Trinajstić information content (AvgIpc) is 3.05. The third-order valence-electron chi connectivity index (χ3n) is 4.41. The number of nitrogens with two attached hydrogens (primary N) is 1. The van der Waals surface area contributed by atoms with E-state index in [1.807, 2.05) is 0 Å². The molecule has 2 aromatic rings. The average molecular weight is 285 g/mol. The molecule has 1 aliphatic carbocycles. The molecule has 0 bridgehead atoms. The van der Waals surface area contributed by atoms with Crippen molar-refractivity contribution in [2.24, 2.45) is 0 Å². The Kier molecular flexibility index (Phi) is 2.91. The second-order valence-electron chi connectivity index (χ2n) is 5.83. The summed E-state index contributed by atoms with van der Waals surface area (Å²) in [5.74, 6) is 0.830. The van der Waals surface area contributed by atoms with E-state index in [4.69, 9.17) is 5.73 Å². The minimum atomic E-state index is 0.398.